The third-order valence-electron chi connectivity index (χ3n) is 5.96. The van der Waals surface area contributed by atoms with E-state index in [4.69, 9.17) is 0 Å². The van der Waals surface area contributed by atoms with Crippen LogP contribution in [0, 0.1) is 12.8 Å². The molecule has 0 radical (unpaired) electrons. The highest BCUT2D eigenvalue weighted by Crippen LogP contribution is 2.21. The van der Waals surface area contributed by atoms with Gasteiger partial charge in [-0.2, -0.15) is 0 Å². The number of nitrogens with zero attached hydrogens (tertiary/aromatic N) is 3. The fraction of sp³-hybridized carbons (Fsp3) is 0.682. The van der Waals surface area contributed by atoms with Gasteiger partial charge in [-0.15, -0.1) is 0 Å². The van der Waals surface area contributed by atoms with Crippen molar-refractivity contribution in [1.29, 1.82) is 0 Å². The molecule has 0 aliphatic carbocycles. The molecule has 5 heteroatoms. The molecular weight excluding hydrogens is 334 g/mol. The van der Waals surface area contributed by atoms with Gasteiger partial charge in [0.05, 0.1) is 0 Å². The molecule has 2 aliphatic rings. The number of piperidine rings is 1. The number of hydrogen-bond acceptors (Lipinski definition) is 3. The maximum absolute atomic E-state index is 4.46. The molecule has 150 valence electrons. The van der Waals surface area contributed by atoms with Crippen molar-refractivity contribution in [2.45, 2.75) is 45.6 Å². The number of aliphatic imine (C=N–C) groups is 1. The van der Waals surface area contributed by atoms with E-state index < -0.39 is 0 Å². The summed E-state index contributed by atoms with van der Waals surface area (Å²) in [5.74, 6) is 1.73. The lowest BCUT2D eigenvalue weighted by molar-refractivity contribution is 0.185. The van der Waals surface area contributed by atoms with Crippen LogP contribution in [0.15, 0.2) is 29.3 Å². The molecule has 0 saturated carbocycles. The third kappa shape index (κ3) is 5.86. The van der Waals surface area contributed by atoms with Crippen molar-refractivity contribution in [1.82, 2.24) is 15.5 Å². The van der Waals surface area contributed by atoms with E-state index in [-0.39, 0.29) is 0 Å². The highest BCUT2D eigenvalue weighted by molar-refractivity contribution is 5.80. The lowest BCUT2D eigenvalue weighted by Gasteiger charge is -2.32. The van der Waals surface area contributed by atoms with Crippen molar-refractivity contribution in [2.24, 2.45) is 10.9 Å². The molecule has 5 nitrogen and oxygen atoms in total. The summed E-state index contributed by atoms with van der Waals surface area (Å²) in [5.41, 5.74) is 2.64. The number of likely N-dealkylation sites (tertiary alicyclic amines) is 1. The van der Waals surface area contributed by atoms with Crippen LogP contribution in [-0.4, -0.2) is 63.2 Å². The molecule has 2 heterocycles. The van der Waals surface area contributed by atoms with Gasteiger partial charge in [-0.3, -0.25) is 4.99 Å². The lowest BCUT2D eigenvalue weighted by Crippen LogP contribution is -2.47. The Morgan fingerprint density at radius 1 is 1.11 bits per heavy atom. The first-order chi connectivity index (χ1) is 13.2. The Morgan fingerprint density at radius 2 is 1.85 bits per heavy atom. The van der Waals surface area contributed by atoms with E-state index in [0.717, 1.165) is 37.9 Å². The smallest absolute Gasteiger partial charge is 0.191 e. The van der Waals surface area contributed by atoms with E-state index in [2.05, 4.69) is 63.5 Å². The number of nitrogens with one attached hydrogen (secondary N) is 2. The predicted octanol–water partition coefficient (Wildman–Crippen LogP) is 2.86. The second-order valence-corrected chi connectivity index (χ2v) is 8.15. The van der Waals surface area contributed by atoms with Crippen molar-refractivity contribution in [3.63, 3.8) is 0 Å². The molecule has 27 heavy (non-hydrogen) atoms. The number of aryl methyl sites for hydroxylation is 1. The number of benzene rings is 1. The summed E-state index contributed by atoms with van der Waals surface area (Å²) in [5, 5.41) is 7.21. The van der Waals surface area contributed by atoms with Gasteiger partial charge in [-0.05, 0) is 70.3 Å². The number of hydrogen-bond donors (Lipinski definition) is 2. The summed E-state index contributed by atoms with van der Waals surface area (Å²) in [4.78, 5) is 9.52. The molecule has 2 aliphatic heterocycles. The van der Waals surface area contributed by atoms with E-state index in [1.807, 2.05) is 7.05 Å². The normalized spacial score (nSPS) is 22.3. The minimum atomic E-state index is 0.462. The fourth-order valence-corrected chi connectivity index (χ4v) is 4.23. The van der Waals surface area contributed by atoms with Gasteiger partial charge in [0.25, 0.3) is 0 Å². The Hall–Kier alpha value is -1.75. The largest absolute Gasteiger partial charge is 0.369 e. The van der Waals surface area contributed by atoms with Gasteiger partial charge in [0, 0.05) is 38.4 Å². The Bertz CT molecular complexity index is 589. The SMILES string of the molecule is CCCN1CCC(CNC(=NC)NC2CCN(c3ccc(C)cc3)C2)CC1. The van der Waals surface area contributed by atoms with E-state index in [0.29, 0.717) is 6.04 Å². The molecular formula is C22H37N5. The molecule has 1 aromatic rings. The summed E-state index contributed by atoms with van der Waals surface area (Å²) in [6.45, 7) is 11.3. The molecule has 0 aromatic heterocycles. The minimum absolute atomic E-state index is 0.462. The maximum atomic E-state index is 4.46. The lowest BCUT2D eigenvalue weighted by atomic mass is 9.97. The first kappa shape index (κ1) is 20.0. The monoisotopic (exact) mass is 371 g/mol. The first-order valence-corrected chi connectivity index (χ1v) is 10.7. The van der Waals surface area contributed by atoms with Crippen LogP contribution < -0.4 is 15.5 Å². The van der Waals surface area contributed by atoms with Crippen LogP contribution in [-0.2, 0) is 0 Å². The average Bonchev–Trinajstić information content (AvgIpc) is 3.15. The van der Waals surface area contributed by atoms with Crippen LogP contribution >= 0.6 is 0 Å². The summed E-state index contributed by atoms with van der Waals surface area (Å²) in [6, 6.07) is 9.32. The van der Waals surface area contributed by atoms with Crippen LogP contribution in [0.5, 0.6) is 0 Å². The molecule has 2 N–H and O–H groups in total. The fourth-order valence-electron chi connectivity index (χ4n) is 4.23. The standard InChI is InChI=1S/C22H37N5/c1-4-12-26-13-9-19(10-14-26)16-24-22(23-3)25-20-11-15-27(17-20)21-7-5-18(2)6-8-21/h5-8,19-20H,4,9-17H2,1-3H3,(H2,23,24,25). The van der Waals surface area contributed by atoms with Gasteiger partial charge >= 0.3 is 0 Å². The Labute approximate surface area is 165 Å². The van der Waals surface area contributed by atoms with Crippen LogP contribution in [0.2, 0.25) is 0 Å². The van der Waals surface area contributed by atoms with Crippen molar-refractivity contribution >= 4 is 11.6 Å². The number of guanidine groups is 1. The van der Waals surface area contributed by atoms with Crippen LogP contribution in [0.4, 0.5) is 5.69 Å². The topological polar surface area (TPSA) is 42.9 Å². The maximum Gasteiger partial charge on any atom is 0.191 e. The van der Waals surface area contributed by atoms with Gasteiger partial charge in [0.15, 0.2) is 5.96 Å². The van der Waals surface area contributed by atoms with Gasteiger partial charge in [0.1, 0.15) is 0 Å². The van der Waals surface area contributed by atoms with Gasteiger partial charge in [-0.1, -0.05) is 24.6 Å². The summed E-state index contributed by atoms with van der Waals surface area (Å²) >= 11 is 0. The van der Waals surface area contributed by atoms with Crippen LogP contribution in [0.3, 0.4) is 0 Å². The summed E-state index contributed by atoms with van der Waals surface area (Å²) < 4.78 is 0. The zero-order chi connectivity index (χ0) is 19.1. The summed E-state index contributed by atoms with van der Waals surface area (Å²) in [6.07, 6.45) is 5.02. The van der Waals surface area contributed by atoms with E-state index >= 15 is 0 Å². The van der Waals surface area contributed by atoms with Crippen molar-refractivity contribution in [3.8, 4) is 0 Å². The minimum Gasteiger partial charge on any atom is -0.369 e. The van der Waals surface area contributed by atoms with E-state index in [1.165, 1.54) is 50.1 Å². The van der Waals surface area contributed by atoms with Crippen molar-refractivity contribution in [3.05, 3.63) is 29.8 Å². The molecule has 1 atom stereocenters. The van der Waals surface area contributed by atoms with Crippen LogP contribution in [0.1, 0.15) is 38.2 Å². The third-order valence-corrected chi connectivity index (χ3v) is 5.96. The van der Waals surface area contributed by atoms with Gasteiger partial charge < -0.3 is 20.4 Å². The first-order valence-electron chi connectivity index (χ1n) is 10.7. The molecule has 2 saturated heterocycles. The van der Waals surface area contributed by atoms with Crippen molar-refractivity contribution in [2.75, 3.05) is 51.2 Å². The molecule has 2 fully saturated rings. The molecule has 1 unspecified atom stereocenters. The molecule has 0 bridgehead atoms. The molecule has 1 aromatic carbocycles. The number of anilines is 1. The van der Waals surface area contributed by atoms with Crippen molar-refractivity contribution < 1.29 is 0 Å². The number of rotatable bonds is 6. The Kier molecular flexibility index (Phi) is 7.39. The highest BCUT2D eigenvalue weighted by atomic mass is 15.2. The van der Waals surface area contributed by atoms with E-state index in [9.17, 15) is 0 Å². The quantitative estimate of drug-likeness (QED) is 0.596. The van der Waals surface area contributed by atoms with Gasteiger partial charge in [-0.25, -0.2) is 0 Å². The summed E-state index contributed by atoms with van der Waals surface area (Å²) in [7, 11) is 1.88. The predicted molar refractivity (Wildman–Crippen MR) is 116 cm³/mol. The molecule has 0 spiro atoms. The zero-order valence-corrected chi connectivity index (χ0v) is 17.4. The highest BCUT2D eigenvalue weighted by Gasteiger charge is 2.24. The van der Waals surface area contributed by atoms with E-state index in [1.54, 1.807) is 0 Å². The molecule has 3 rings (SSSR count). The van der Waals surface area contributed by atoms with Gasteiger partial charge in [0.2, 0.25) is 0 Å². The second-order valence-electron chi connectivity index (χ2n) is 8.15. The zero-order valence-electron chi connectivity index (χ0n) is 17.4. The Balaban J connectivity index is 1.40. The molecule has 0 amide bonds. The Morgan fingerprint density at radius 3 is 2.52 bits per heavy atom. The van der Waals surface area contributed by atoms with Crippen LogP contribution in [0.25, 0.3) is 0 Å². The average molecular weight is 372 g/mol. The second kappa shape index (κ2) is 9.98.